The number of anilines is 6. The molecule has 0 bridgehead atoms. The van der Waals surface area contributed by atoms with Gasteiger partial charge in [0.15, 0.2) is 0 Å². The standard InChI is InChI=1S/C60H49N3/c1-46-44-51(48-32-36-57(37-33-48)62(53-22-10-4-11-23-53)54-24-12-5-13-25-54)40-42-61(60-31-19-18-30-59(60)50-20-8-3-9-21-50)43-41-52(45-47(46)2)49-34-38-58(39-35-49)63(55-26-14-6-15-27-55)56-28-16-7-17-29-56/h3-34,36-38,40-45H,1-2,35,39H2/b42-40-,43-41-,51-44+,52-45+. The Bertz CT molecular complexity index is 2800. The van der Waals surface area contributed by atoms with Gasteiger partial charge in [-0.2, -0.15) is 0 Å². The fourth-order valence-electron chi connectivity index (χ4n) is 8.22. The third-order valence-electron chi connectivity index (χ3n) is 11.5. The lowest BCUT2D eigenvalue weighted by Gasteiger charge is -2.30. The molecule has 1 aliphatic carbocycles. The van der Waals surface area contributed by atoms with Crippen molar-refractivity contribution in [2.24, 2.45) is 0 Å². The zero-order chi connectivity index (χ0) is 42.8. The Hall–Kier alpha value is -8.14. The molecule has 0 aromatic heterocycles. The van der Waals surface area contributed by atoms with Crippen molar-refractivity contribution in [3.8, 4) is 11.1 Å². The smallest absolute Gasteiger partial charge is 0.0527 e. The van der Waals surface area contributed by atoms with Gasteiger partial charge in [-0.05, 0) is 149 Å². The van der Waals surface area contributed by atoms with Crippen molar-refractivity contribution in [3.63, 3.8) is 0 Å². The Kier molecular flexibility index (Phi) is 12.2. The molecule has 1 heterocycles. The highest BCUT2D eigenvalue weighted by Gasteiger charge is 2.19. The first-order chi connectivity index (χ1) is 31.1. The maximum absolute atomic E-state index is 4.58. The van der Waals surface area contributed by atoms with Crippen LogP contribution in [0, 0.1) is 0 Å². The number of hydrogen-bond donors (Lipinski definition) is 0. The molecular weight excluding hydrogens is 763 g/mol. The van der Waals surface area contributed by atoms with Crippen molar-refractivity contribution in [2.75, 3.05) is 14.7 Å². The zero-order valence-corrected chi connectivity index (χ0v) is 35.3. The van der Waals surface area contributed by atoms with Gasteiger partial charge >= 0.3 is 0 Å². The minimum atomic E-state index is 0.852. The highest BCUT2D eigenvalue weighted by Crippen LogP contribution is 2.39. The molecule has 0 atom stereocenters. The van der Waals surface area contributed by atoms with E-state index in [0.29, 0.717) is 0 Å². The van der Waals surface area contributed by atoms with E-state index in [-0.39, 0.29) is 0 Å². The van der Waals surface area contributed by atoms with Crippen molar-refractivity contribution >= 4 is 39.7 Å². The maximum atomic E-state index is 4.58. The molecular formula is C60H49N3. The molecule has 304 valence electrons. The lowest BCUT2D eigenvalue weighted by Crippen LogP contribution is -2.18. The molecule has 0 saturated carbocycles. The summed E-state index contributed by atoms with van der Waals surface area (Å²) in [6.45, 7) is 9.16. The molecule has 0 radical (unpaired) electrons. The first kappa shape index (κ1) is 40.3. The third kappa shape index (κ3) is 9.29. The number of hydrogen-bond acceptors (Lipinski definition) is 3. The molecule has 7 aromatic rings. The average Bonchev–Trinajstić information content (AvgIpc) is 3.38. The Morgan fingerprint density at radius 3 is 1.35 bits per heavy atom. The van der Waals surface area contributed by atoms with Gasteiger partial charge in [0.25, 0.3) is 0 Å². The summed E-state index contributed by atoms with van der Waals surface area (Å²) < 4.78 is 0. The molecule has 3 nitrogen and oxygen atoms in total. The lowest BCUT2D eigenvalue weighted by atomic mass is 9.92. The maximum Gasteiger partial charge on any atom is 0.0527 e. The molecule has 2 aliphatic rings. The summed E-state index contributed by atoms with van der Waals surface area (Å²) in [6, 6.07) is 70.2. The van der Waals surface area contributed by atoms with Crippen LogP contribution in [0.5, 0.6) is 0 Å². The number of allylic oxidation sites excluding steroid dienone is 12. The first-order valence-electron chi connectivity index (χ1n) is 21.5. The minimum absolute atomic E-state index is 0.852. The van der Waals surface area contributed by atoms with Crippen molar-refractivity contribution in [1.82, 2.24) is 0 Å². The van der Waals surface area contributed by atoms with E-state index in [1.165, 1.54) is 11.3 Å². The third-order valence-corrected chi connectivity index (χ3v) is 11.5. The number of rotatable bonds is 10. The van der Waals surface area contributed by atoms with E-state index in [4.69, 9.17) is 0 Å². The molecule has 0 saturated heterocycles. The summed E-state index contributed by atoms with van der Waals surface area (Å²) in [5.41, 5.74) is 16.3. The van der Waals surface area contributed by atoms with Gasteiger partial charge in [-0.1, -0.05) is 153 Å². The van der Waals surface area contributed by atoms with Crippen LogP contribution >= 0.6 is 0 Å². The molecule has 0 fully saturated rings. The van der Waals surface area contributed by atoms with Crippen LogP contribution in [0.3, 0.4) is 0 Å². The van der Waals surface area contributed by atoms with Crippen molar-refractivity contribution in [1.29, 1.82) is 0 Å². The van der Waals surface area contributed by atoms with Crippen LogP contribution in [0.15, 0.2) is 290 Å². The van der Waals surface area contributed by atoms with Crippen LogP contribution in [0.1, 0.15) is 18.4 Å². The van der Waals surface area contributed by atoms with Crippen LogP contribution in [0.4, 0.5) is 34.1 Å². The summed E-state index contributed by atoms with van der Waals surface area (Å²) in [6.07, 6.45) is 19.4. The van der Waals surface area contributed by atoms with Gasteiger partial charge in [0, 0.05) is 52.1 Å². The molecule has 63 heavy (non-hydrogen) atoms. The second kappa shape index (κ2) is 19.1. The molecule has 0 N–H and O–H groups in total. The minimum Gasteiger partial charge on any atom is -0.323 e. The van der Waals surface area contributed by atoms with Gasteiger partial charge in [-0.15, -0.1) is 0 Å². The topological polar surface area (TPSA) is 9.72 Å². The molecule has 0 amide bonds. The Balaban J connectivity index is 1.11. The van der Waals surface area contributed by atoms with Gasteiger partial charge in [0.1, 0.15) is 0 Å². The van der Waals surface area contributed by atoms with E-state index < -0.39 is 0 Å². The van der Waals surface area contributed by atoms with Crippen molar-refractivity contribution in [3.05, 3.63) is 296 Å². The second-order valence-electron chi connectivity index (χ2n) is 15.6. The van der Waals surface area contributed by atoms with E-state index >= 15 is 0 Å². The van der Waals surface area contributed by atoms with E-state index in [1.807, 2.05) is 0 Å². The molecule has 7 aromatic carbocycles. The zero-order valence-electron chi connectivity index (χ0n) is 35.3. The lowest BCUT2D eigenvalue weighted by molar-refractivity contribution is 0.884. The van der Waals surface area contributed by atoms with Gasteiger partial charge in [-0.3, -0.25) is 0 Å². The average molecular weight is 812 g/mol. The molecule has 9 rings (SSSR count). The highest BCUT2D eigenvalue weighted by molar-refractivity contribution is 5.84. The van der Waals surface area contributed by atoms with E-state index in [0.717, 1.165) is 85.9 Å². The largest absolute Gasteiger partial charge is 0.323 e. The number of nitrogens with zero attached hydrogens (tertiary/aromatic N) is 3. The second-order valence-corrected chi connectivity index (χ2v) is 15.6. The van der Waals surface area contributed by atoms with E-state index in [1.54, 1.807) is 0 Å². The Morgan fingerprint density at radius 2 is 0.825 bits per heavy atom. The summed E-state index contributed by atoms with van der Waals surface area (Å²) >= 11 is 0. The fourth-order valence-corrected chi connectivity index (χ4v) is 8.22. The summed E-state index contributed by atoms with van der Waals surface area (Å²) in [7, 11) is 0. The highest BCUT2D eigenvalue weighted by atomic mass is 15.2. The Morgan fingerprint density at radius 1 is 0.381 bits per heavy atom. The SMILES string of the molecule is C=C1/C=C(C2=CC=C(N(c3ccccc3)c3ccccc3)CC2)\C=C/N(c2ccccc2-c2ccccc2)/C=C\C(c2ccc(N(c3ccccc3)c3ccccc3)cc2)=C/C1=C. The van der Waals surface area contributed by atoms with Gasteiger partial charge in [0.05, 0.1) is 5.69 Å². The van der Waals surface area contributed by atoms with Crippen LogP contribution in [-0.2, 0) is 0 Å². The fraction of sp³-hybridized carbons (Fsp3) is 0.0333. The van der Waals surface area contributed by atoms with Crippen LogP contribution in [-0.4, -0.2) is 0 Å². The Labute approximate surface area is 372 Å². The summed E-state index contributed by atoms with van der Waals surface area (Å²) in [5.74, 6) is 0. The van der Waals surface area contributed by atoms with Crippen LogP contribution < -0.4 is 14.7 Å². The van der Waals surface area contributed by atoms with Crippen molar-refractivity contribution in [2.45, 2.75) is 12.8 Å². The molecule has 0 spiro atoms. The molecule has 0 unspecified atom stereocenters. The predicted octanol–water partition coefficient (Wildman–Crippen LogP) is 16.2. The normalized spacial score (nSPS) is 16.9. The number of benzene rings is 7. The molecule has 1 aliphatic heterocycles. The molecule has 3 heteroatoms. The van der Waals surface area contributed by atoms with E-state index in [9.17, 15) is 0 Å². The van der Waals surface area contributed by atoms with Crippen LogP contribution in [0.2, 0.25) is 0 Å². The monoisotopic (exact) mass is 811 g/mol. The van der Waals surface area contributed by atoms with E-state index in [2.05, 4.69) is 277 Å². The predicted molar refractivity (Wildman–Crippen MR) is 269 cm³/mol. The summed E-state index contributed by atoms with van der Waals surface area (Å²) in [5, 5.41) is 0. The van der Waals surface area contributed by atoms with Gasteiger partial charge in [0.2, 0.25) is 0 Å². The first-order valence-corrected chi connectivity index (χ1v) is 21.5. The van der Waals surface area contributed by atoms with Crippen molar-refractivity contribution < 1.29 is 0 Å². The van der Waals surface area contributed by atoms with Gasteiger partial charge < -0.3 is 14.7 Å². The van der Waals surface area contributed by atoms with Gasteiger partial charge in [-0.25, -0.2) is 0 Å². The summed E-state index contributed by atoms with van der Waals surface area (Å²) in [4.78, 5) is 6.88. The quantitative estimate of drug-likeness (QED) is 0.136. The van der Waals surface area contributed by atoms with Crippen LogP contribution in [0.25, 0.3) is 16.7 Å². The number of para-hydroxylation sites is 5.